The van der Waals surface area contributed by atoms with Crippen LogP contribution < -0.4 is 16.4 Å². The van der Waals surface area contributed by atoms with Gasteiger partial charge in [-0.25, -0.2) is 4.79 Å². The average Bonchev–Trinajstić information content (AvgIpc) is 2.34. The Bertz CT molecular complexity index is 307. The molecule has 6 heteroatoms. The van der Waals surface area contributed by atoms with Gasteiger partial charge in [0, 0.05) is 19.1 Å². The van der Waals surface area contributed by atoms with Crippen molar-refractivity contribution in [2.24, 2.45) is 11.7 Å². The topological polar surface area (TPSA) is 87.5 Å². The number of nitrogens with two attached hydrogens (primary N) is 1. The molecule has 1 aliphatic heterocycles. The first-order valence-electron chi connectivity index (χ1n) is 7.05. The van der Waals surface area contributed by atoms with E-state index >= 15 is 0 Å². The summed E-state index contributed by atoms with van der Waals surface area (Å²) in [5.74, 6) is -0.204. The highest BCUT2D eigenvalue weighted by molar-refractivity contribution is 5.77. The van der Waals surface area contributed by atoms with E-state index in [1.807, 2.05) is 13.8 Å². The van der Waals surface area contributed by atoms with Gasteiger partial charge < -0.3 is 21.3 Å². The Morgan fingerprint density at radius 2 is 2.16 bits per heavy atom. The number of amides is 3. The maximum Gasteiger partial charge on any atom is 0.314 e. The molecule has 1 rings (SSSR count). The van der Waals surface area contributed by atoms with Gasteiger partial charge in [0.15, 0.2) is 0 Å². The predicted octanol–water partition coefficient (Wildman–Crippen LogP) is 0.281. The fourth-order valence-corrected chi connectivity index (χ4v) is 2.31. The Labute approximate surface area is 115 Å². The Kier molecular flexibility index (Phi) is 6.62. The van der Waals surface area contributed by atoms with Crippen LogP contribution in [0, 0.1) is 5.92 Å². The van der Waals surface area contributed by atoms with E-state index in [0.29, 0.717) is 6.54 Å². The Hall–Kier alpha value is -1.30. The highest BCUT2D eigenvalue weighted by atomic mass is 16.2. The van der Waals surface area contributed by atoms with Gasteiger partial charge in [-0.1, -0.05) is 0 Å². The van der Waals surface area contributed by atoms with Gasteiger partial charge in [0.2, 0.25) is 5.91 Å². The molecule has 0 radical (unpaired) electrons. The summed E-state index contributed by atoms with van der Waals surface area (Å²) < 4.78 is 0. The first-order chi connectivity index (χ1) is 8.99. The van der Waals surface area contributed by atoms with Gasteiger partial charge in [-0.3, -0.25) is 4.79 Å². The van der Waals surface area contributed by atoms with Gasteiger partial charge in [0.25, 0.3) is 0 Å². The third-order valence-corrected chi connectivity index (χ3v) is 3.26. The van der Waals surface area contributed by atoms with Crippen molar-refractivity contribution in [3.05, 3.63) is 0 Å². The van der Waals surface area contributed by atoms with Crippen LogP contribution in [0.2, 0.25) is 0 Å². The lowest BCUT2D eigenvalue weighted by Gasteiger charge is -2.31. The molecule has 19 heavy (non-hydrogen) atoms. The number of carbonyl (C=O) groups is 2. The highest BCUT2D eigenvalue weighted by Gasteiger charge is 2.23. The summed E-state index contributed by atoms with van der Waals surface area (Å²) >= 11 is 0. The van der Waals surface area contributed by atoms with Crippen LogP contribution in [0.3, 0.4) is 0 Å². The van der Waals surface area contributed by atoms with Crippen molar-refractivity contribution >= 4 is 11.9 Å². The number of primary amides is 1. The molecule has 0 saturated carbocycles. The molecule has 0 spiro atoms. The summed E-state index contributed by atoms with van der Waals surface area (Å²) in [6, 6.07) is 0.0297. The molecule has 0 aromatic carbocycles. The number of urea groups is 1. The SMILES string of the molecule is CC(C)NC(=O)NCCCN1CCCC(C(N)=O)C1. The number of hydrogen-bond acceptors (Lipinski definition) is 3. The van der Waals surface area contributed by atoms with Gasteiger partial charge >= 0.3 is 6.03 Å². The number of hydrogen-bond donors (Lipinski definition) is 3. The number of likely N-dealkylation sites (tertiary alicyclic amines) is 1. The first-order valence-corrected chi connectivity index (χ1v) is 7.05. The van der Waals surface area contributed by atoms with Crippen molar-refractivity contribution in [1.29, 1.82) is 0 Å². The number of rotatable bonds is 6. The molecule has 1 saturated heterocycles. The van der Waals surface area contributed by atoms with Crippen LogP contribution in [0.4, 0.5) is 4.79 Å². The van der Waals surface area contributed by atoms with E-state index in [2.05, 4.69) is 15.5 Å². The Balaban J connectivity index is 2.12. The van der Waals surface area contributed by atoms with E-state index in [1.54, 1.807) is 0 Å². The summed E-state index contributed by atoms with van der Waals surface area (Å²) in [6.45, 7) is 7.17. The first kappa shape index (κ1) is 15.8. The summed E-state index contributed by atoms with van der Waals surface area (Å²) in [5, 5.41) is 5.60. The molecular weight excluding hydrogens is 244 g/mol. The maximum atomic E-state index is 11.3. The van der Waals surface area contributed by atoms with E-state index in [4.69, 9.17) is 5.73 Å². The fourth-order valence-electron chi connectivity index (χ4n) is 2.31. The molecule has 0 aromatic rings. The number of carbonyl (C=O) groups excluding carboxylic acids is 2. The van der Waals surface area contributed by atoms with E-state index in [0.717, 1.165) is 38.9 Å². The van der Waals surface area contributed by atoms with Crippen molar-refractivity contribution in [3.8, 4) is 0 Å². The average molecular weight is 270 g/mol. The van der Waals surface area contributed by atoms with Crippen LogP contribution in [-0.2, 0) is 4.79 Å². The number of nitrogens with zero attached hydrogens (tertiary/aromatic N) is 1. The normalized spacial score (nSPS) is 20.3. The van der Waals surface area contributed by atoms with Crippen LogP contribution in [0.15, 0.2) is 0 Å². The molecule has 4 N–H and O–H groups in total. The van der Waals surface area contributed by atoms with Crippen LogP contribution in [0.1, 0.15) is 33.1 Å². The van der Waals surface area contributed by atoms with E-state index in [9.17, 15) is 9.59 Å². The van der Waals surface area contributed by atoms with Gasteiger partial charge in [-0.05, 0) is 46.2 Å². The van der Waals surface area contributed by atoms with Gasteiger partial charge in [-0.15, -0.1) is 0 Å². The zero-order chi connectivity index (χ0) is 14.3. The van der Waals surface area contributed by atoms with Gasteiger partial charge in [0.1, 0.15) is 0 Å². The second kappa shape index (κ2) is 7.99. The van der Waals surface area contributed by atoms with Gasteiger partial charge in [0.05, 0.1) is 5.92 Å². The van der Waals surface area contributed by atoms with Crippen molar-refractivity contribution < 1.29 is 9.59 Å². The van der Waals surface area contributed by atoms with Crippen molar-refractivity contribution in [3.63, 3.8) is 0 Å². The predicted molar refractivity (Wildman–Crippen MR) is 74.6 cm³/mol. The van der Waals surface area contributed by atoms with Gasteiger partial charge in [-0.2, -0.15) is 0 Å². The summed E-state index contributed by atoms with van der Waals surface area (Å²) in [4.78, 5) is 24.8. The number of nitrogens with one attached hydrogen (secondary N) is 2. The third-order valence-electron chi connectivity index (χ3n) is 3.26. The molecule has 1 aliphatic rings. The van der Waals surface area contributed by atoms with Crippen LogP contribution in [-0.4, -0.2) is 49.1 Å². The van der Waals surface area contributed by atoms with Crippen LogP contribution in [0.5, 0.6) is 0 Å². The lowest BCUT2D eigenvalue weighted by atomic mass is 9.97. The quantitative estimate of drug-likeness (QED) is 0.606. The maximum absolute atomic E-state index is 11.3. The molecule has 110 valence electrons. The zero-order valence-corrected chi connectivity index (χ0v) is 11.9. The van der Waals surface area contributed by atoms with Crippen molar-refractivity contribution in [1.82, 2.24) is 15.5 Å². The molecule has 1 unspecified atom stereocenters. The minimum Gasteiger partial charge on any atom is -0.369 e. The molecule has 0 aliphatic carbocycles. The Morgan fingerprint density at radius 3 is 2.79 bits per heavy atom. The minimum atomic E-state index is -0.195. The molecule has 3 amide bonds. The fraction of sp³-hybridized carbons (Fsp3) is 0.846. The Morgan fingerprint density at radius 1 is 1.42 bits per heavy atom. The molecule has 1 fully saturated rings. The number of piperidine rings is 1. The minimum absolute atomic E-state index is 0.00838. The smallest absolute Gasteiger partial charge is 0.314 e. The second-order valence-electron chi connectivity index (χ2n) is 5.45. The summed E-state index contributed by atoms with van der Waals surface area (Å²) in [7, 11) is 0. The highest BCUT2D eigenvalue weighted by Crippen LogP contribution is 2.15. The van der Waals surface area contributed by atoms with Crippen molar-refractivity contribution in [2.75, 3.05) is 26.2 Å². The van der Waals surface area contributed by atoms with Crippen LogP contribution >= 0.6 is 0 Å². The standard InChI is InChI=1S/C13H26N4O2/c1-10(2)16-13(19)15-6-4-8-17-7-3-5-11(9-17)12(14)18/h10-11H,3-9H2,1-2H3,(H2,14,18)(H2,15,16,19). The molecular formula is C13H26N4O2. The zero-order valence-electron chi connectivity index (χ0n) is 11.9. The third kappa shape index (κ3) is 6.42. The second-order valence-corrected chi connectivity index (χ2v) is 5.45. The lowest BCUT2D eigenvalue weighted by molar-refractivity contribution is -0.123. The molecule has 6 nitrogen and oxygen atoms in total. The summed E-state index contributed by atoms with van der Waals surface area (Å²) in [5.41, 5.74) is 5.34. The van der Waals surface area contributed by atoms with E-state index in [1.165, 1.54) is 0 Å². The van der Waals surface area contributed by atoms with E-state index in [-0.39, 0.29) is 23.9 Å². The molecule has 0 bridgehead atoms. The summed E-state index contributed by atoms with van der Waals surface area (Å²) in [6.07, 6.45) is 2.81. The molecule has 1 heterocycles. The monoisotopic (exact) mass is 270 g/mol. The molecule has 1 atom stereocenters. The largest absolute Gasteiger partial charge is 0.369 e. The van der Waals surface area contributed by atoms with Crippen molar-refractivity contribution in [2.45, 2.75) is 39.2 Å². The lowest BCUT2D eigenvalue weighted by Crippen LogP contribution is -2.43. The van der Waals surface area contributed by atoms with E-state index < -0.39 is 0 Å². The van der Waals surface area contributed by atoms with Crippen LogP contribution in [0.25, 0.3) is 0 Å². The molecule has 0 aromatic heterocycles.